The first-order chi connectivity index (χ1) is 12.7. The lowest BCUT2D eigenvalue weighted by atomic mass is 10.2. The second-order valence-electron chi connectivity index (χ2n) is 5.51. The van der Waals surface area contributed by atoms with Gasteiger partial charge in [0, 0.05) is 6.07 Å². The van der Waals surface area contributed by atoms with Gasteiger partial charge >= 0.3 is 0 Å². The Balaban J connectivity index is 1.91. The van der Waals surface area contributed by atoms with E-state index in [1.165, 1.54) is 7.11 Å². The molecule has 0 fully saturated rings. The molecule has 0 atom stereocenters. The van der Waals surface area contributed by atoms with Crippen molar-refractivity contribution in [3.8, 4) is 17.2 Å². The number of hydrogen-bond acceptors (Lipinski definition) is 5. The van der Waals surface area contributed by atoms with Crippen molar-refractivity contribution in [2.24, 2.45) is 0 Å². The van der Waals surface area contributed by atoms with Crippen molar-refractivity contribution < 1.29 is 14.3 Å². The van der Waals surface area contributed by atoms with Crippen molar-refractivity contribution >= 4 is 11.6 Å². The molecule has 1 N–H and O–H groups in total. The number of aromatic nitrogens is 3. The number of carbonyl (C=O) groups is 1. The molecule has 1 amide bonds. The van der Waals surface area contributed by atoms with E-state index >= 15 is 0 Å². The Labute approximate surface area is 151 Å². The normalized spacial score (nSPS) is 10.4. The first-order valence-corrected chi connectivity index (χ1v) is 8.21. The maximum absolute atomic E-state index is 12.7. The van der Waals surface area contributed by atoms with Crippen molar-refractivity contribution in [3.05, 3.63) is 59.9 Å². The van der Waals surface area contributed by atoms with Crippen LogP contribution in [0.1, 0.15) is 23.1 Å². The molecule has 1 heterocycles. The molecule has 0 aliphatic heterocycles. The van der Waals surface area contributed by atoms with Crippen LogP contribution in [0.4, 0.5) is 5.69 Å². The number of nitrogens with zero attached hydrogens (tertiary/aromatic N) is 3. The summed E-state index contributed by atoms with van der Waals surface area (Å²) in [5.74, 6) is 0.808. The lowest BCUT2D eigenvalue weighted by Crippen LogP contribution is -2.16. The molecular weight excluding hydrogens is 332 g/mol. The van der Waals surface area contributed by atoms with Gasteiger partial charge in [0.2, 0.25) is 0 Å². The highest BCUT2D eigenvalue weighted by Gasteiger charge is 2.20. The molecule has 0 bridgehead atoms. The van der Waals surface area contributed by atoms with E-state index in [9.17, 15) is 4.79 Å². The lowest BCUT2D eigenvalue weighted by Gasteiger charge is -2.11. The number of hydrogen-bond donors (Lipinski definition) is 1. The fraction of sp³-hybridized carbons (Fsp3) is 0.211. The molecule has 0 radical (unpaired) electrons. The standard InChI is InChI=1S/C19H20N4O3/c1-4-16-18(21-22-23(16)13-8-6-5-7-9-13)19(24)20-15-11-10-14(25-2)12-17(15)26-3/h5-12H,4H2,1-3H3,(H,20,24). The van der Waals surface area contributed by atoms with Gasteiger partial charge < -0.3 is 14.8 Å². The average molecular weight is 352 g/mol. The molecule has 26 heavy (non-hydrogen) atoms. The lowest BCUT2D eigenvalue weighted by molar-refractivity contribution is 0.102. The van der Waals surface area contributed by atoms with Crippen molar-refractivity contribution in [1.29, 1.82) is 0 Å². The van der Waals surface area contributed by atoms with Gasteiger partial charge in [0.05, 0.1) is 31.3 Å². The molecule has 0 aliphatic rings. The molecule has 0 spiro atoms. The Kier molecular flexibility index (Phi) is 5.17. The van der Waals surface area contributed by atoms with Gasteiger partial charge in [-0.1, -0.05) is 30.3 Å². The first kappa shape index (κ1) is 17.5. The number of carbonyl (C=O) groups excluding carboxylic acids is 1. The van der Waals surface area contributed by atoms with E-state index in [-0.39, 0.29) is 11.6 Å². The van der Waals surface area contributed by atoms with Gasteiger partial charge in [0.25, 0.3) is 5.91 Å². The molecule has 0 saturated heterocycles. The maximum Gasteiger partial charge on any atom is 0.278 e. The molecule has 1 aromatic heterocycles. The summed E-state index contributed by atoms with van der Waals surface area (Å²) in [7, 11) is 3.11. The second-order valence-corrected chi connectivity index (χ2v) is 5.51. The van der Waals surface area contributed by atoms with Crippen LogP contribution in [0.3, 0.4) is 0 Å². The smallest absolute Gasteiger partial charge is 0.278 e. The predicted molar refractivity (Wildman–Crippen MR) is 98.2 cm³/mol. The van der Waals surface area contributed by atoms with Gasteiger partial charge in [-0.2, -0.15) is 0 Å². The van der Waals surface area contributed by atoms with Crippen molar-refractivity contribution in [3.63, 3.8) is 0 Å². The minimum absolute atomic E-state index is 0.286. The minimum Gasteiger partial charge on any atom is -0.497 e. The number of amides is 1. The number of nitrogens with one attached hydrogen (secondary N) is 1. The first-order valence-electron chi connectivity index (χ1n) is 8.21. The third kappa shape index (κ3) is 3.37. The SMILES string of the molecule is CCc1c(C(=O)Nc2ccc(OC)cc2OC)nnn1-c1ccccc1. The molecule has 2 aromatic carbocycles. The molecule has 7 nitrogen and oxygen atoms in total. The summed E-state index contributed by atoms with van der Waals surface area (Å²) in [6, 6.07) is 14.8. The van der Waals surface area contributed by atoms with E-state index in [4.69, 9.17) is 9.47 Å². The van der Waals surface area contributed by atoms with Crippen LogP contribution in [0, 0.1) is 0 Å². The average Bonchev–Trinajstić information content (AvgIpc) is 3.13. The second kappa shape index (κ2) is 7.69. The highest BCUT2D eigenvalue weighted by atomic mass is 16.5. The molecule has 0 saturated carbocycles. The zero-order valence-corrected chi connectivity index (χ0v) is 14.9. The Morgan fingerprint density at radius 2 is 1.88 bits per heavy atom. The van der Waals surface area contributed by atoms with E-state index in [1.807, 2.05) is 37.3 Å². The van der Waals surface area contributed by atoms with Crippen molar-refractivity contribution in [1.82, 2.24) is 15.0 Å². The third-order valence-corrected chi connectivity index (χ3v) is 3.97. The van der Waals surface area contributed by atoms with Gasteiger partial charge in [-0.15, -0.1) is 5.10 Å². The van der Waals surface area contributed by atoms with Crippen LogP contribution >= 0.6 is 0 Å². The highest BCUT2D eigenvalue weighted by Crippen LogP contribution is 2.29. The zero-order valence-electron chi connectivity index (χ0n) is 14.9. The number of rotatable bonds is 6. The Morgan fingerprint density at radius 3 is 2.54 bits per heavy atom. The number of anilines is 1. The summed E-state index contributed by atoms with van der Waals surface area (Å²) >= 11 is 0. The zero-order chi connectivity index (χ0) is 18.5. The van der Waals surface area contributed by atoms with Gasteiger partial charge in [-0.25, -0.2) is 4.68 Å². The summed E-state index contributed by atoms with van der Waals surface area (Å²) in [5.41, 5.74) is 2.42. The molecular formula is C19H20N4O3. The molecule has 0 unspecified atom stereocenters. The quantitative estimate of drug-likeness (QED) is 0.737. The van der Waals surface area contributed by atoms with Gasteiger partial charge in [-0.3, -0.25) is 4.79 Å². The molecule has 0 aliphatic carbocycles. The monoisotopic (exact) mass is 352 g/mol. The van der Waals surface area contributed by atoms with Gasteiger partial charge in [0.1, 0.15) is 11.5 Å². The van der Waals surface area contributed by atoms with Crippen LogP contribution in [0.25, 0.3) is 5.69 Å². The third-order valence-electron chi connectivity index (χ3n) is 3.97. The van der Waals surface area contributed by atoms with Crippen molar-refractivity contribution in [2.75, 3.05) is 19.5 Å². The fourth-order valence-electron chi connectivity index (χ4n) is 2.66. The number of para-hydroxylation sites is 1. The number of methoxy groups -OCH3 is 2. The number of benzene rings is 2. The Bertz CT molecular complexity index is 906. The van der Waals surface area contributed by atoms with E-state index in [1.54, 1.807) is 30.0 Å². The van der Waals surface area contributed by atoms with E-state index in [0.29, 0.717) is 23.6 Å². The van der Waals surface area contributed by atoms with Crippen LogP contribution in [0.15, 0.2) is 48.5 Å². The van der Waals surface area contributed by atoms with Crippen molar-refractivity contribution in [2.45, 2.75) is 13.3 Å². The summed E-state index contributed by atoms with van der Waals surface area (Å²) in [4.78, 5) is 12.7. The molecule has 3 rings (SSSR count). The molecule has 134 valence electrons. The minimum atomic E-state index is -0.340. The summed E-state index contributed by atoms with van der Waals surface area (Å²) < 4.78 is 12.2. The van der Waals surface area contributed by atoms with E-state index in [2.05, 4.69) is 15.6 Å². The van der Waals surface area contributed by atoms with Crippen LogP contribution < -0.4 is 14.8 Å². The van der Waals surface area contributed by atoms with Crippen LogP contribution in [-0.2, 0) is 6.42 Å². The van der Waals surface area contributed by atoms with E-state index in [0.717, 1.165) is 11.4 Å². The Hall–Kier alpha value is -3.35. The summed E-state index contributed by atoms with van der Waals surface area (Å²) in [6.45, 7) is 1.96. The molecule has 7 heteroatoms. The Morgan fingerprint density at radius 1 is 1.12 bits per heavy atom. The van der Waals surface area contributed by atoms with Crippen LogP contribution in [0.2, 0.25) is 0 Å². The van der Waals surface area contributed by atoms with Gasteiger partial charge in [-0.05, 0) is 30.7 Å². The van der Waals surface area contributed by atoms with Gasteiger partial charge in [0.15, 0.2) is 5.69 Å². The summed E-state index contributed by atoms with van der Waals surface area (Å²) in [5, 5.41) is 11.1. The molecule has 3 aromatic rings. The van der Waals surface area contributed by atoms with E-state index < -0.39 is 0 Å². The predicted octanol–water partition coefficient (Wildman–Crippen LogP) is 3.10. The topological polar surface area (TPSA) is 78.3 Å². The summed E-state index contributed by atoms with van der Waals surface area (Å²) in [6.07, 6.45) is 0.615. The fourth-order valence-corrected chi connectivity index (χ4v) is 2.66. The van der Waals surface area contributed by atoms with Crippen LogP contribution in [0.5, 0.6) is 11.5 Å². The maximum atomic E-state index is 12.7. The highest BCUT2D eigenvalue weighted by molar-refractivity contribution is 6.04. The van der Waals surface area contributed by atoms with Crippen LogP contribution in [-0.4, -0.2) is 35.1 Å². The number of ether oxygens (including phenoxy) is 2. The largest absolute Gasteiger partial charge is 0.497 e.